The van der Waals surface area contributed by atoms with Crippen LogP contribution in [-0.2, 0) is 14.6 Å². The zero-order valence-corrected chi connectivity index (χ0v) is 17.8. The number of hydrogen-bond donors (Lipinski definition) is 3. The molecule has 23 heavy (non-hydrogen) atoms. The molecule has 0 aromatic rings. The van der Waals surface area contributed by atoms with E-state index >= 15 is 0 Å². The van der Waals surface area contributed by atoms with Gasteiger partial charge in [0.25, 0.3) is 0 Å². The minimum atomic E-state index is -2.95. The van der Waals surface area contributed by atoms with Crippen molar-refractivity contribution in [1.29, 1.82) is 0 Å². The van der Waals surface area contributed by atoms with E-state index in [-0.39, 0.29) is 47.6 Å². The van der Waals surface area contributed by atoms with Crippen LogP contribution in [0.4, 0.5) is 0 Å². The molecule has 0 aliphatic rings. The summed E-state index contributed by atoms with van der Waals surface area (Å²) in [5.74, 6) is 0.744. The molecular weight excluding hydrogens is 431 g/mol. The summed E-state index contributed by atoms with van der Waals surface area (Å²) in [5, 5.41) is 9.06. The first-order valence-electron chi connectivity index (χ1n) is 7.66. The highest BCUT2D eigenvalue weighted by molar-refractivity contribution is 14.0. The van der Waals surface area contributed by atoms with Gasteiger partial charge in [-0.05, 0) is 20.3 Å². The number of nitrogens with zero attached hydrogens (tertiary/aromatic N) is 1. The number of carbonyl (C=O) groups excluding carboxylic acids is 1. The van der Waals surface area contributed by atoms with E-state index in [2.05, 4.69) is 20.9 Å². The third kappa shape index (κ3) is 14.7. The van der Waals surface area contributed by atoms with Crippen LogP contribution in [0.5, 0.6) is 0 Å². The molecule has 0 bridgehead atoms. The smallest absolute Gasteiger partial charge is 0.222 e. The van der Waals surface area contributed by atoms with Crippen molar-refractivity contribution in [2.24, 2.45) is 10.9 Å². The van der Waals surface area contributed by atoms with Gasteiger partial charge in [0.1, 0.15) is 9.84 Å². The Morgan fingerprint density at radius 1 is 1.17 bits per heavy atom. The molecule has 0 aliphatic carbocycles. The van der Waals surface area contributed by atoms with E-state index in [4.69, 9.17) is 0 Å². The highest BCUT2D eigenvalue weighted by Crippen LogP contribution is 1.95. The van der Waals surface area contributed by atoms with Crippen molar-refractivity contribution < 1.29 is 13.2 Å². The molecule has 138 valence electrons. The maximum atomic E-state index is 11.4. The van der Waals surface area contributed by atoms with Crippen LogP contribution in [0.2, 0.25) is 0 Å². The summed E-state index contributed by atoms with van der Waals surface area (Å²) in [6.45, 7) is 9.21. The number of halogens is 1. The number of sulfone groups is 1. The van der Waals surface area contributed by atoms with Crippen LogP contribution in [0, 0.1) is 5.92 Å². The molecule has 1 atom stereocenters. The van der Waals surface area contributed by atoms with Gasteiger partial charge < -0.3 is 16.0 Å². The van der Waals surface area contributed by atoms with Gasteiger partial charge in [0.05, 0.1) is 12.3 Å². The van der Waals surface area contributed by atoms with Gasteiger partial charge in [0.15, 0.2) is 5.96 Å². The normalized spacial score (nSPS) is 13.2. The van der Waals surface area contributed by atoms with E-state index in [0.717, 1.165) is 0 Å². The molecule has 0 spiro atoms. The molecule has 0 aromatic heterocycles. The van der Waals surface area contributed by atoms with Gasteiger partial charge in [0.2, 0.25) is 5.91 Å². The summed E-state index contributed by atoms with van der Waals surface area (Å²) < 4.78 is 22.3. The molecule has 7 nitrogen and oxygen atoms in total. The number of nitrogens with one attached hydrogen (secondary N) is 3. The van der Waals surface area contributed by atoms with Gasteiger partial charge in [0, 0.05) is 31.3 Å². The van der Waals surface area contributed by atoms with Crippen molar-refractivity contribution in [2.45, 2.75) is 40.2 Å². The van der Waals surface area contributed by atoms with Gasteiger partial charge in [-0.3, -0.25) is 9.79 Å². The average molecular weight is 462 g/mol. The van der Waals surface area contributed by atoms with Crippen LogP contribution >= 0.6 is 24.0 Å². The van der Waals surface area contributed by atoms with Crippen LogP contribution in [0.1, 0.15) is 34.1 Å². The summed E-state index contributed by atoms with van der Waals surface area (Å²) in [4.78, 5) is 15.8. The maximum Gasteiger partial charge on any atom is 0.222 e. The second kappa shape index (κ2) is 12.8. The van der Waals surface area contributed by atoms with Crippen molar-refractivity contribution in [2.75, 3.05) is 31.6 Å². The first-order valence-corrected chi connectivity index (χ1v) is 9.72. The number of rotatable bonds is 9. The summed E-state index contributed by atoms with van der Waals surface area (Å²) in [5.41, 5.74) is 0. The fourth-order valence-corrected chi connectivity index (χ4v) is 2.35. The molecule has 1 amide bonds. The van der Waals surface area contributed by atoms with Gasteiger partial charge in [-0.2, -0.15) is 0 Å². The molecule has 0 heterocycles. The summed E-state index contributed by atoms with van der Waals surface area (Å²) in [6, 6.07) is -0.00206. The van der Waals surface area contributed by atoms with Crippen molar-refractivity contribution in [1.82, 2.24) is 16.0 Å². The largest absolute Gasteiger partial charge is 0.357 e. The predicted octanol–water partition coefficient (Wildman–Crippen LogP) is 0.755. The lowest BCUT2D eigenvalue weighted by Crippen LogP contribution is -2.43. The van der Waals surface area contributed by atoms with Crippen LogP contribution in [0.15, 0.2) is 4.99 Å². The van der Waals surface area contributed by atoms with E-state index < -0.39 is 9.84 Å². The Kier molecular flexibility index (Phi) is 13.7. The minimum absolute atomic E-state index is 0. The van der Waals surface area contributed by atoms with Crippen LogP contribution in [0.3, 0.4) is 0 Å². The van der Waals surface area contributed by atoms with Gasteiger partial charge >= 0.3 is 0 Å². The monoisotopic (exact) mass is 462 g/mol. The minimum Gasteiger partial charge on any atom is -0.357 e. The van der Waals surface area contributed by atoms with Gasteiger partial charge in [-0.15, -0.1) is 24.0 Å². The molecule has 0 saturated heterocycles. The lowest BCUT2D eigenvalue weighted by molar-refractivity contribution is -0.123. The number of guanidine groups is 1. The van der Waals surface area contributed by atoms with Crippen molar-refractivity contribution >= 4 is 45.7 Å². The zero-order valence-electron chi connectivity index (χ0n) is 14.7. The molecule has 1 unspecified atom stereocenters. The zero-order chi connectivity index (χ0) is 17.2. The summed E-state index contributed by atoms with van der Waals surface area (Å²) in [7, 11) is -2.95. The third-order valence-electron chi connectivity index (χ3n) is 2.85. The molecule has 3 N–H and O–H groups in total. The number of hydrogen-bond acceptors (Lipinski definition) is 4. The Bertz CT molecular complexity index is 467. The SMILES string of the molecule is CCNC(=NCCNC(=O)C(C)C)NC(C)CCS(C)(=O)=O.I. The fourth-order valence-electron chi connectivity index (χ4n) is 1.57. The third-order valence-corrected chi connectivity index (χ3v) is 3.83. The van der Waals surface area contributed by atoms with Crippen LogP contribution in [-0.4, -0.2) is 58.0 Å². The Labute approximate surface area is 157 Å². The molecule has 9 heteroatoms. The van der Waals surface area contributed by atoms with Gasteiger partial charge in [-0.25, -0.2) is 8.42 Å². The summed E-state index contributed by atoms with van der Waals surface area (Å²) >= 11 is 0. The van der Waals surface area contributed by atoms with Crippen LogP contribution < -0.4 is 16.0 Å². The molecule has 0 aromatic carbocycles. The van der Waals surface area contributed by atoms with Crippen LogP contribution in [0.25, 0.3) is 0 Å². The number of aliphatic imine (C=N–C) groups is 1. The Morgan fingerprint density at radius 2 is 1.78 bits per heavy atom. The van der Waals surface area contributed by atoms with E-state index in [1.165, 1.54) is 6.26 Å². The second-order valence-electron chi connectivity index (χ2n) is 5.67. The number of amides is 1. The Morgan fingerprint density at radius 3 is 2.26 bits per heavy atom. The van der Waals surface area contributed by atoms with E-state index in [0.29, 0.717) is 32.0 Å². The lowest BCUT2D eigenvalue weighted by Gasteiger charge is -2.17. The van der Waals surface area contributed by atoms with Crippen molar-refractivity contribution in [3.8, 4) is 0 Å². The highest BCUT2D eigenvalue weighted by atomic mass is 127. The van der Waals surface area contributed by atoms with E-state index in [9.17, 15) is 13.2 Å². The molecule has 0 aliphatic heterocycles. The molecule has 0 rings (SSSR count). The van der Waals surface area contributed by atoms with E-state index in [1.54, 1.807) is 0 Å². The second-order valence-corrected chi connectivity index (χ2v) is 7.93. The highest BCUT2D eigenvalue weighted by Gasteiger charge is 2.09. The average Bonchev–Trinajstić information content (AvgIpc) is 2.40. The van der Waals surface area contributed by atoms with Gasteiger partial charge in [-0.1, -0.05) is 13.8 Å². The molecule has 0 fully saturated rings. The molecule has 0 saturated carbocycles. The Hall–Kier alpha value is -0.580. The number of carbonyl (C=O) groups is 1. The van der Waals surface area contributed by atoms with Crippen molar-refractivity contribution in [3.63, 3.8) is 0 Å². The quantitative estimate of drug-likeness (QED) is 0.203. The molecular formula is C14H31IN4O3S. The standard InChI is InChI=1S/C14H30N4O3S.HI/c1-6-15-14(17-9-8-16-13(19)11(2)3)18-12(4)7-10-22(5,20)21;/h11-12H,6-10H2,1-5H3,(H,16,19)(H2,15,17,18);1H. The maximum absolute atomic E-state index is 11.4. The first kappa shape index (κ1) is 24.7. The lowest BCUT2D eigenvalue weighted by atomic mass is 10.2. The molecule has 0 radical (unpaired) electrons. The van der Waals surface area contributed by atoms with E-state index in [1.807, 2.05) is 27.7 Å². The van der Waals surface area contributed by atoms with Crippen molar-refractivity contribution in [3.05, 3.63) is 0 Å². The fraction of sp³-hybridized carbons (Fsp3) is 0.857. The predicted molar refractivity (Wildman–Crippen MR) is 106 cm³/mol. The Balaban J connectivity index is 0. The summed E-state index contributed by atoms with van der Waals surface area (Å²) in [6.07, 6.45) is 1.75. The topological polar surface area (TPSA) is 99.7 Å². The first-order chi connectivity index (χ1) is 10.2.